The lowest BCUT2D eigenvalue weighted by Gasteiger charge is -2.04. The Morgan fingerprint density at radius 1 is 1.21 bits per heavy atom. The standard InChI is InChI=1S/C14H26/c1-5-13(3)11-9-7-8-10-12-14(4)6-2/h5,8,10,13-14H,1,6-7,9,11-12H2,2-4H3. The molecule has 0 nitrogen and oxygen atoms in total. The Morgan fingerprint density at radius 3 is 2.50 bits per heavy atom. The van der Waals surface area contributed by atoms with E-state index in [0.29, 0.717) is 5.92 Å². The van der Waals surface area contributed by atoms with E-state index in [1.807, 2.05) is 6.08 Å². The maximum Gasteiger partial charge on any atom is -0.0265 e. The third kappa shape index (κ3) is 8.10. The molecule has 0 heterocycles. The molecule has 0 aromatic carbocycles. The highest BCUT2D eigenvalue weighted by molar-refractivity contribution is 4.84. The van der Waals surface area contributed by atoms with Crippen molar-refractivity contribution in [2.45, 2.75) is 52.9 Å². The first-order valence-corrected chi connectivity index (χ1v) is 5.98. The van der Waals surface area contributed by atoms with E-state index in [1.165, 1.54) is 32.1 Å². The van der Waals surface area contributed by atoms with Gasteiger partial charge < -0.3 is 0 Å². The van der Waals surface area contributed by atoms with Crippen LogP contribution in [0.15, 0.2) is 24.8 Å². The van der Waals surface area contributed by atoms with E-state index in [4.69, 9.17) is 0 Å². The van der Waals surface area contributed by atoms with Crippen LogP contribution in [0.25, 0.3) is 0 Å². The Bertz CT molecular complexity index is 155. The predicted octanol–water partition coefficient (Wildman–Crippen LogP) is 4.97. The van der Waals surface area contributed by atoms with E-state index in [-0.39, 0.29) is 0 Å². The van der Waals surface area contributed by atoms with E-state index < -0.39 is 0 Å². The molecule has 0 aromatic heterocycles. The molecular weight excluding hydrogens is 168 g/mol. The van der Waals surface area contributed by atoms with Gasteiger partial charge in [-0.2, -0.15) is 0 Å². The molecule has 0 saturated carbocycles. The normalized spacial score (nSPS) is 15.6. The minimum atomic E-state index is 0.679. The maximum atomic E-state index is 3.79. The van der Waals surface area contributed by atoms with Crippen LogP contribution in [-0.2, 0) is 0 Å². The summed E-state index contributed by atoms with van der Waals surface area (Å²) in [4.78, 5) is 0. The lowest BCUT2D eigenvalue weighted by atomic mass is 10.0. The van der Waals surface area contributed by atoms with Gasteiger partial charge in [-0.1, -0.05) is 45.4 Å². The van der Waals surface area contributed by atoms with Gasteiger partial charge in [0.05, 0.1) is 0 Å². The van der Waals surface area contributed by atoms with Gasteiger partial charge in [-0.3, -0.25) is 0 Å². The number of hydrogen-bond donors (Lipinski definition) is 0. The van der Waals surface area contributed by atoms with Crippen LogP contribution in [-0.4, -0.2) is 0 Å². The van der Waals surface area contributed by atoms with Crippen molar-refractivity contribution in [2.24, 2.45) is 11.8 Å². The van der Waals surface area contributed by atoms with Crippen LogP contribution in [0, 0.1) is 11.8 Å². The summed E-state index contributed by atoms with van der Waals surface area (Å²) in [7, 11) is 0. The van der Waals surface area contributed by atoms with Crippen LogP contribution in [0.4, 0.5) is 0 Å². The monoisotopic (exact) mass is 194 g/mol. The van der Waals surface area contributed by atoms with Crippen molar-refractivity contribution >= 4 is 0 Å². The predicted molar refractivity (Wildman–Crippen MR) is 66.4 cm³/mol. The summed E-state index contributed by atoms with van der Waals surface area (Å²) in [5, 5.41) is 0. The van der Waals surface area contributed by atoms with Gasteiger partial charge in [-0.25, -0.2) is 0 Å². The first-order chi connectivity index (χ1) is 6.70. The lowest BCUT2D eigenvalue weighted by molar-refractivity contribution is 0.569. The molecular formula is C14H26. The Morgan fingerprint density at radius 2 is 1.93 bits per heavy atom. The van der Waals surface area contributed by atoms with E-state index in [2.05, 4.69) is 39.5 Å². The van der Waals surface area contributed by atoms with Gasteiger partial charge in [-0.15, -0.1) is 6.58 Å². The number of unbranched alkanes of at least 4 members (excludes halogenated alkanes) is 1. The Balaban J connectivity index is 3.31. The van der Waals surface area contributed by atoms with E-state index >= 15 is 0 Å². The smallest absolute Gasteiger partial charge is 0.0265 e. The summed E-state index contributed by atoms with van der Waals surface area (Å²) in [6.45, 7) is 10.6. The van der Waals surface area contributed by atoms with Gasteiger partial charge in [-0.05, 0) is 37.5 Å². The Hall–Kier alpha value is -0.520. The summed E-state index contributed by atoms with van der Waals surface area (Å²) >= 11 is 0. The molecule has 0 aromatic rings. The molecule has 0 aliphatic heterocycles. The summed E-state index contributed by atoms with van der Waals surface area (Å²) in [6, 6.07) is 0. The molecule has 14 heavy (non-hydrogen) atoms. The first-order valence-electron chi connectivity index (χ1n) is 5.98. The fourth-order valence-electron chi connectivity index (χ4n) is 1.29. The molecule has 0 rings (SSSR count). The van der Waals surface area contributed by atoms with E-state index in [9.17, 15) is 0 Å². The van der Waals surface area contributed by atoms with E-state index in [1.54, 1.807) is 0 Å². The third-order valence-corrected chi connectivity index (χ3v) is 2.83. The second kappa shape index (κ2) is 9.05. The highest BCUT2D eigenvalue weighted by Gasteiger charge is 1.95. The minimum absolute atomic E-state index is 0.679. The molecule has 0 heteroatoms. The van der Waals surface area contributed by atoms with Gasteiger partial charge in [0.1, 0.15) is 0 Å². The average Bonchev–Trinajstić information content (AvgIpc) is 2.22. The SMILES string of the molecule is C=CC(C)CCCC=CCC(C)CC. The molecule has 0 fully saturated rings. The van der Waals surface area contributed by atoms with Crippen molar-refractivity contribution in [3.05, 3.63) is 24.8 Å². The highest BCUT2D eigenvalue weighted by atomic mass is 14.0. The molecule has 0 spiro atoms. The zero-order chi connectivity index (χ0) is 10.8. The fourth-order valence-corrected chi connectivity index (χ4v) is 1.29. The van der Waals surface area contributed by atoms with Gasteiger partial charge in [0.2, 0.25) is 0 Å². The second-order valence-electron chi connectivity index (χ2n) is 4.36. The van der Waals surface area contributed by atoms with Gasteiger partial charge in [0.15, 0.2) is 0 Å². The van der Waals surface area contributed by atoms with Crippen molar-refractivity contribution < 1.29 is 0 Å². The molecule has 0 radical (unpaired) electrons. The van der Waals surface area contributed by atoms with Crippen LogP contribution in [0.2, 0.25) is 0 Å². The lowest BCUT2D eigenvalue weighted by Crippen LogP contribution is -1.89. The average molecular weight is 194 g/mol. The highest BCUT2D eigenvalue weighted by Crippen LogP contribution is 2.10. The van der Waals surface area contributed by atoms with Gasteiger partial charge >= 0.3 is 0 Å². The number of hydrogen-bond acceptors (Lipinski definition) is 0. The van der Waals surface area contributed by atoms with Crippen LogP contribution in [0.1, 0.15) is 52.9 Å². The second-order valence-corrected chi connectivity index (χ2v) is 4.36. The number of rotatable bonds is 8. The fraction of sp³-hybridized carbons (Fsp3) is 0.714. The molecule has 0 bridgehead atoms. The van der Waals surface area contributed by atoms with Crippen molar-refractivity contribution in [2.75, 3.05) is 0 Å². The van der Waals surface area contributed by atoms with Crippen LogP contribution in [0.3, 0.4) is 0 Å². The van der Waals surface area contributed by atoms with Crippen LogP contribution < -0.4 is 0 Å². The van der Waals surface area contributed by atoms with Crippen molar-refractivity contribution in [1.29, 1.82) is 0 Å². The van der Waals surface area contributed by atoms with Crippen LogP contribution in [0.5, 0.6) is 0 Å². The first kappa shape index (κ1) is 13.5. The summed E-state index contributed by atoms with van der Waals surface area (Å²) in [5.41, 5.74) is 0. The summed E-state index contributed by atoms with van der Waals surface area (Å²) in [6.07, 6.45) is 13.1. The van der Waals surface area contributed by atoms with Crippen molar-refractivity contribution in [3.8, 4) is 0 Å². The molecule has 0 saturated heterocycles. The minimum Gasteiger partial charge on any atom is -0.103 e. The zero-order valence-corrected chi connectivity index (χ0v) is 10.1. The zero-order valence-electron chi connectivity index (χ0n) is 10.1. The van der Waals surface area contributed by atoms with Crippen LogP contribution >= 0.6 is 0 Å². The largest absolute Gasteiger partial charge is 0.103 e. The summed E-state index contributed by atoms with van der Waals surface area (Å²) in [5.74, 6) is 1.52. The van der Waals surface area contributed by atoms with Gasteiger partial charge in [0, 0.05) is 0 Å². The van der Waals surface area contributed by atoms with Crippen molar-refractivity contribution in [3.63, 3.8) is 0 Å². The van der Waals surface area contributed by atoms with Gasteiger partial charge in [0.25, 0.3) is 0 Å². The molecule has 0 amide bonds. The molecule has 0 N–H and O–H groups in total. The Kier molecular flexibility index (Phi) is 8.72. The quantitative estimate of drug-likeness (QED) is 0.378. The Labute approximate surface area is 90.1 Å². The van der Waals surface area contributed by atoms with Crippen molar-refractivity contribution in [1.82, 2.24) is 0 Å². The number of allylic oxidation sites excluding steroid dienone is 3. The molecule has 2 unspecified atom stereocenters. The third-order valence-electron chi connectivity index (χ3n) is 2.83. The topological polar surface area (TPSA) is 0 Å². The molecule has 82 valence electrons. The summed E-state index contributed by atoms with van der Waals surface area (Å²) < 4.78 is 0. The molecule has 0 aliphatic carbocycles. The molecule has 2 atom stereocenters. The molecule has 0 aliphatic rings. The maximum absolute atomic E-state index is 3.79. The van der Waals surface area contributed by atoms with E-state index in [0.717, 1.165) is 5.92 Å².